The number of halogens is 1. The second-order valence-corrected chi connectivity index (χ2v) is 9.03. The molecule has 1 saturated carbocycles. The Kier molecular flexibility index (Phi) is 4.14. The van der Waals surface area contributed by atoms with Gasteiger partial charge in [0, 0.05) is 23.2 Å². The van der Waals surface area contributed by atoms with Crippen molar-refractivity contribution < 1.29 is 22.7 Å². The zero-order valence-electron chi connectivity index (χ0n) is 15.2. The summed E-state index contributed by atoms with van der Waals surface area (Å²) in [5, 5.41) is 11.1. The van der Waals surface area contributed by atoms with E-state index in [4.69, 9.17) is 4.65 Å². The Morgan fingerprint density at radius 2 is 2.03 bits per heavy atom. The first-order chi connectivity index (χ1) is 13.9. The van der Waals surface area contributed by atoms with Gasteiger partial charge in [-0.15, -0.1) is 0 Å². The summed E-state index contributed by atoms with van der Waals surface area (Å²) in [6, 6.07) is 4.51. The zero-order valence-corrected chi connectivity index (χ0v) is 16.1. The lowest BCUT2D eigenvalue weighted by Gasteiger charge is -2.35. The second-order valence-electron chi connectivity index (χ2n) is 7.32. The number of nitrogens with one attached hydrogen (secondary N) is 1. The average molecular weight is 413 g/mol. The molecule has 0 radical (unpaired) electrons. The van der Waals surface area contributed by atoms with Crippen molar-refractivity contribution >= 4 is 34.6 Å². The van der Waals surface area contributed by atoms with Gasteiger partial charge in [0.25, 0.3) is 0 Å². The molecule has 2 N–H and O–H groups in total. The van der Waals surface area contributed by atoms with Crippen LogP contribution in [0.4, 0.5) is 4.39 Å². The molecule has 1 aromatic carbocycles. The molecule has 0 spiro atoms. The number of nitrogens with zero attached hydrogens (tertiary/aromatic N) is 2. The summed E-state index contributed by atoms with van der Waals surface area (Å²) >= 11 is 0. The van der Waals surface area contributed by atoms with E-state index in [1.165, 1.54) is 12.1 Å². The minimum atomic E-state index is -3.71. The van der Waals surface area contributed by atoms with Crippen LogP contribution in [0, 0.1) is 5.82 Å². The Morgan fingerprint density at radius 1 is 1.28 bits per heavy atom. The molecule has 29 heavy (non-hydrogen) atoms. The fraction of sp³-hybridized carbons (Fsp3) is 0.211. The minimum absolute atomic E-state index is 0.0369. The van der Waals surface area contributed by atoms with Crippen molar-refractivity contribution in [3.63, 3.8) is 0 Å². The zero-order chi connectivity index (χ0) is 20.2. The third-order valence-electron chi connectivity index (χ3n) is 5.47. The van der Waals surface area contributed by atoms with Crippen molar-refractivity contribution in [1.82, 2.24) is 14.4 Å². The van der Waals surface area contributed by atoms with E-state index in [1.807, 2.05) is 12.1 Å². The highest BCUT2D eigenvalue weighted by molar-refractivity contribution is 7.89. The maximum atomic E-state index is 13.0. The Hall–Kier alpha value is -2.85. The summed E-state index contributed by atoms with van der Waals surface area (Å²) < 4.78 is 47.3. The lowest BCUT2D eigenvalue weighted by molar-refractivity contribution is 0.196. The highest BCUT2D eigenvalue weighted by Gasteiger charge is 2.36. The molecule has 7 nitrogen and oxygen atoms in total. The molecular weight excluding hydrogens is 396 g/mol. The van der Waals surface area contributed by atoms with Gasteiger partial charge in [-0.05, 0) is 48.6 Å². The summed E-state index contributed by atoms with van der Waals surface area (Å²) in [4.78, 5) is 4.33. The molecule has 148 valence electrons. The second kappa shape index (κ2) is 6.60. The quantitative estimate of drug-likeness (QED) is 0.506. The van der Waals surface area contributed by atoms with Crippen molar-refractivity contribution in [2.45, 2.75) is 29.7 Å². The van der Waals surface area contributed by atoms with Crippen LogP contribution in [0.1, 0.15) is 29.9 Å². The number of fused-ring (bicyclic) bond motifs is 3. The van der Waals surface area contributed by atoms with Crippen LogP contribution in [-0.4, -0.2) is 36.9 Å². The van der Waals surface area contributed by atoms with Crippen LogP contribution >= 0.6 is 0 Å². The number of benzene rings is 1. The molecular formula is C19H17BFN3O4S. The number of hydrogen-bond donors (Lipinski definition) is 2. The van der Waals surface area contributed by atoms with Crippen molar-refractivity contribution in [2.75, 3.05) is 0 Å². The van der Waals surface area contributed by atoms with Gasteiger partial charge < -0.3 is 9.86 Å². The van der Waals surface area contributed by atoms with E-state index in [0.717, 1.165) is 33.4 Å². The molecule has 0 atom stereocenters. The monoisotopic (exact) mass is 413 g/mol. The van der Waals surface area contributed by atoms with E-state index in [1.54, 1.807) is 12.4 Å². The lowest BCUT2D eigenvalue weighted by Crippen LogP contribution is -2.43. The number of aromatic nitrogens is 2. The van der Waals surface area contributed by atoms with Gasteiger partial charge in [0.15, 0.2) is 5.65 Å². The summed E-state index contributed by atoms with van der Waals surface area (Å²) in [5.74, 6) is 2.17. The van der Waals surface area contributed by atoms with E-state index >= 15 is 0 Å². The SMILES string of the molecule is O=S(=O)(N[C@H]1C[C@@H](c2cn(O)c3ncc4c(c32)C=CBO4)C1)c1ccc(F)cc1. The van der Waals surface area contributed by atoms with Gasteiger partial charge in [0.05, 0.1) is 11.1 Å². The fourth-order valence-electron chi connectivity index (χ4n) is 3.98. The van der Waals surface area contributed by atoms with Crippen LogP contribution < -0.4 is 9.38 Å². The van der Waals surface area contributed by atoms with Gasteiger partial charge in [0.2, 0.25) is 10.0 Å². The molecule has 0 bridgehead atoms. The van der Waals surface area contributed by atoms with Crippen LogP contribution in [0.3, 0.4) is 0 Å². The number of sulfonamides is 1. The molecule has 3 heterocycles. The third kappa shape index (κ3) is 3.08. The van der Waals surface area contributed by atoms with Crippen LogP contribution in [0.5, 0.6) is 5.75 Å². The molecule has 0 amide bonds. The standard InChI is InChI=1S/C19H17BFN3O4S/c21-12-1-3-14(4-2-12)29(26,27)23-13-7-11(8-13)16-10-24(25)19-18(16)15-5-6-20-28-17(15)9-22-19/h1-6,9-11,13,20,23,25H,7-8H2/t11-,13+. The smallest absolute Gasteiger partial charge is 0.366 e. The highest BCUT2D eigenvalue weighted by atomic mass is 32.2. The molecule has 2 aliphatic rings. The van der Waals surface area contributed by atoms with Gasteiger partial charge in [-0.25, -0.2) is 22.5 Å². The van der Waals surface area contributed by atoms with E-state index in [-0.39, 0.29) is 16.9 Å². The van der Waals surface area contributed by atoms with Gasteiger partial charge in [-0.2, -0.15) is 4.73 Å². The van der Waals surface area contributed by atoms with Crippen LogP contribution in [0.25, 0.3) is 17.1 Å². The normalized spacial score (nSPS) is 20.6. The Morgan fingerprint density at radius 3 is 2.79 bits per heavy atom. The van der Waals surface area contributed by atoms with Crippen molar-refractivity contribution in [3.8, 4) is 5.75 Å². The molecule has 0 unspecified atom stereocenters. The predicted octanol–water partition coefficient (Wildman–Crippen LogP) is 2.35. The third-order valence-corrected chi connectivity index (χ3v) is 7.01. The molecule has 1 fully saturated rings. The number of pyridine rings is 1. The van der Waals surface area contributed by atoms with Gasteiger partial charge >= 0.3 is 7.48 Å². The maximum absolute atomic E-state index is 13.0. The Balaban J connectivity index is 1.38. The summed E-state index contributed by atoms with van der Waals surface area (Å²) in [7, 11) is -3.23. The molecule has 10 heteroatoms. The van der Waals surface area contributed by atoms with Crippen LogP contribution in [0.2, 0.25) is 0 Å². The summed E-state index contributed by atoms with van der Waals surface area (Å²) in [6.07, 6.45) is 6.37. The van der Waals surface area contributed by atoms with Crippen molar-refractivity contribution in [1.29, 1.82) is 0 Å². The molecule has 3 aromatic rings. The largest absolute Gasteiger partial charge is 0.558 e. The van der Waals surface area contributed by atoms with Gasteiger partial charge in [0.1, 0.15) is 11.6 Å². The summed E-state index contributed by atoms with van der Waals surface area (Å²) in [6.45, 7) is 0. The minimum Gasteiger partial charge on any atom is -0.558 e. The number of hydrogen-bond acceptors (Lipinski definition) is 5. The topological polar surface area (TPSA) is 93.5 Å². The van der Waals surface area contributed by atoms with E-state index in [0.29, 0.717) is 31.7 Å². The van der Waals surface area contributed by atoms with Crippen LogP contribution in [-0.2, 0) is 10.0 Å². The molecule has 5 rings (SSSR count). The van der Waals surface area contributed by atoms with Crippen LogP contribution in [0.15, 0.2) is 47.5 Å². The Bertz CT molecular complexity index is 1230. The van der Waals surface area contributed by atoms with E-state index < -0.39 is 15.8 Å². The van der Waals surface area contributed by atoms with Crippen molar-refractivity contribution in [3.05, 3.63) is 59.6 Å². The Labute approximate surface area is 167 Å². The molecule has 1 aliphatic carbocycles. The molecule has 2 aromatic heterocycles. The first-order valence-electron chi connectivity index (χ1n) is 9.23. The van der Waals surface area contributed by atoms with E-state index in [9.17, 15) is 18.0 Å². The molecule has 0 saturated heterocycles. The lowest BCUT2D eigenvalue weighted by atomic mass is 9.76. The fourth-order valence-corrected chi connectivity index (χ4v) is 5.24. The maximum Gasteiger partial charge on any atom is 0.366 e. The molecule has 1 aliphatic heterocycles. The van der Waals surface area contributed by atoms with E-state index in [2.05, 4.69) is 9.71 Å². The van der Waals surface area contributed by atoms with Crippen molar-refractivity contribution in [2.24, 2.45) is 0 Å². The predicted molar refractivity (Wildman–Crippen MR) is 106 cm³/mol. The number of rotatable bonds is 4. The average Bonchev–Trinajstić information content (AvgIpc) is 3.01. The highest BCUT2D eigenvalue weighted by Crippen LogP contribution is 2.43. The first-order valence-corrected chi connectivity index (χ1v) is 10.7. The van der Waals surface area contributed by atoms with Gasteiger partial charge in [-0.3, -0.25) is 0 Å². The summed E-state index contributed by atoms with van der Waals surface area (Å²) in [5.41, 5.74) is 2.24. The van der Waals surface area contributed by atoms with Gasteiger partial charge in [-0.1, -0.05) is 12.1 Å². The first kappa shape index (κ1) is 18.2.